The molecule has 0 spiro atoms. The summed E-state index contributed by atoms with van der Waals surface area (Å²) in [5.74, 6) is 0.130. The van der Waals surface area contributed by atoms with E-state index in [1.54, 1.807) is 17.5 Å². The molecule has 24 heavy (non-hydrogen) atoms. The van der Waals surface area contributed by atoms with Gasteiger partial charge in [0.2, 0.25) is 0 Å². The van der Waals surface area contributed by atoms with Gasteiger partial charge in [0.05, 0.1) is 17.7 Å². The van der Waals surface area contributed by atoms with Crippen molar-refractivity contribution in [2.24, 2.45) is 0 Å². The second-order valence-electron chi connectivity index (χ2n) is 5.75. The number of hydrogen-bond donors (Lipinski definition) is 1. The van der Waals surface area contributed by atoms with E-state index in [0.717, 1.165) is 36.5 Å². The number of hydrogen-bond acceptors (Lipinski definition) is 5. The van der Waals surface area contributed by atoms with Crippen LogP contribution < -0.4 is 5.32 Å². The zero-order valence-corrected chi connectivity index (χ0v) is 16.2. The molecule has 1 fully saturated rings. The van der Waals surface area contributed by atoms with Crippen molar-refractivity contribution in [3.8, 4) is 0 Å². The predicted molar refractivity (Wildman–Crippen MR) is 100 cm³/mol. The zero-order valence-electron chi connectivity index (χ0n) is 13.8. The van der Waals surface area contributed by atoms with Gasteiger partial charge in [-0.15, -0.1) is 36.2 Å². The lowest BCUT2D eigenvalue weighted by molar-refractivity contribution is -0.142. The summed E-state index contributed by atoms with van der Waals surface area (Å²) in [6, 6.07) is 1.88. The molecule has 1 aliphatic rings. The summed E-state index contributed by atoms with van der Waals surface area (Å²) in [5, 5.41) is 7.69. The van der Waals surface area contributed by atoms with Crippen LogP contribution in [0.15, 0.2) is 24.0 Å². The van der Waals surface area contributed by atoms with Gasteiger partial charge in [-0.25, -0.2) is 4.98 Å². The van der Waals surface area contributed by atoms with Crippen molar-refractivity contribution in [1.82, 2.24) is 25.0 Å². The van der Waals surface area contributed by atoms with Crippen molar-refractivity contribution < 1.29 is 4.79 Å². The number of carbonyl (C=O) groups excluding carboxylic acids is 1. The van der Waals surface area contributed by atoms with Gasteiger partial charge in [0.15, 0.2) is 0 Å². The number of thiazole rings is 1. The molecule has 134 valence electrons. The number of rotatable bonds is 4. The molecular formula is C15H23Cl2N5OS. The Bertz CT molecular complexity index is 640. The Morgan fingerprint density at radius 3 is 2.67 bits per heavy atom. The van der Waals surface area contributed by atoms with E-state index in [4.69, 9.17) is 0 Å². The minimum absolute atomic E-state index is 0. The summed E-state index contributed by atoms with van der Waals surface area (Å²) in [6.45, 7) is 4.25. The molecular weight excluding hydrogens is 369 g/mol. The number of halogens is 2. The van der Waals surface area contributed by atoms with E-state index >= 15 is 0 Å². The molecule has 0 aliphatic carbocycles. The van der Waals surface area contributed by atoms with Crippen LogP contribution in [-0.2, 0) is 16.9 Å². The fourth-order valence-electron chi connectivity index (χ4n) is 3.02. The van der Waals surface area contributed by atoms with Gasteiger partial charge in [0, 0.05) is 24.3 Å². The van der Waals surface area contributed by atoms with Gasteiger partial charge in [0.25, 0.3) is 5.91 Å². The summed E-state index contributed by atoms with van der Waals surface area (Å²) in [6.07, 6.45) is 5.17. The predicted octanol–water partition coefficient (Wildman–Crippen LogP) is 2.23. The largest absolute Gasteiger partial charge is 0.338 e. The molecule has 0 unspecified atom stereocenters. The van der Waals surface area contributed by atoms with Gasteiger partial charge >= 0.3 is 0 Å². The number of aryl methyl sites for hydroxylation is 1. The standard InChI is InChI=1S/C15H21N5OS.2ClH/c1-12-13(22-11-17-12)10-19(2)14(21)15(4-7-16-8-5-15)20-9-3-6-18-20;;/h3,6,9,11,16H,4-5,7-8,10H2,1-2H3;2*1H. The molecule has 0 radical (unpaired) electrons. The number of nitrogens with zero attached hydrogens (tertiary/aromatic N) is 4. The van der Waals surface area contributed by atoms with Crippen LogP contribution in [0.4, 0.5) is 0 Å². The second-order valence-corrected chi connectivity index (χ2v) is 6.69. The topological polar surface area (TPSA) is 63.1 Å². The zero-order chi connectivity index (χ0) is 15.6. The van der Waals surface area contributed by atoms with E-state index in [1.807, 2.05) is 41.3 Å². The summed E-state index contributed by atoms with van der Waals surface area (Å²) in [5.41, 5.74) is 2.27. The highest BCUT2D eigenvalue weighted by atomic mass is 35.5. The Kier molecular flexibility index (Phi) is 7.66. The molecule has 1 amide bonds. The molecule has 2 aromatic heterocycles. The lowest BCUT2D eigenvalue weighted by Gasteiger charge is -2.39. The molecule has 1 saturated heterocycles. The lowest BCUT2D eigenvalue weighted by Crippen LogP contribution is -2.54. The van der Waals surface area contributed by atoms with E-state index in [-0.39, 0.29) is 30.7 Å². The van der Waals surface area contributed by atoms with Crippen LogP contribution in [-0.4, -0.2) is 45.7 Å². The van der Waals surface area contributed by atoms with E-state index < -0.39 is 5.54 Å². The van der Waals surface area contributed by atoms with Crippen molar-refractivity contribution in [1.29, 1.82) is 0 Å². The fraction of sp³-hybridized carbons (Fsp3) is 0.533. The van der Waals surface area contributed by atoms with Crippen molar-refractivity contribution >= 4 is 42.1 Å². The van der Waals surface area contributed by atoms with E-state index in [2.05, 4.69) is 15.4 Å². The van der Waals surface area contributed by atoms with Gasteiger partial charge in [0.1, 0.15) is 5.54 Å². The summed E-state index contributed by atoms with van der Waals surface area (Å²) >= 11 is 1.60. The molecule has 0 bridgehead atoms. The Labute approximate surface area is 158 Å². The Balaban J connectivity index is 0.00000144. The van der Waals surface area contributed by atoms with Gasteiger partial charge in [-0.3, -0.25) is 9.48 Å². The summed E-state index contributed by atoms with van der Waals surface area (Å²) in [7, 11) is 1.87. The average molecular weight is 392 g/mol. The Morgan fingerprint density at radius 1 is 1.42 bits per heavy atom. The average Bonchev–Trinajstić information content (AvgIpc) is 3.20. The van der Waals surface area contributed by atoms with Gasteiger partial charge in [-0.1, -0.05) is 0 Å². The first-order valence-corrected chi connectivity index (χ1v) is 8.37. The van der Waals surface area contributed by atoms with Crippen LogP contribution in [0.1, 0.15) is 23.4 Å². The van der Waals surface area contributed by atoms with Crippen molar-refractivity contribution in [2.45, 2.75) is 31.8 Å². The van der Waals surface area contributed by atoms with E-state index in [9.17, 15) is 4.79 Å². The normalized spacial score (nSPS) is 15.9. The number of piperidine rings is 1. The van der Waals surface area contributed by atoms with Crippen molar-refractivity contribution in [3.63, 3.8) is 0 Å². The maximum Gasteiger partial charge on any atom is 0.250 e. The highest BCUT2D eigenvalue weighted by molar-refractivity contribution is 7.09. The van der Waals surface area contributed by atoms with Gasteiger partial charge in [-0.05, 0) is 38.9 Å². The molecule has 0 saturated carbocycles. The molecule has 3 rings (SSSR count). The van der Waals surface area contributed by atoms with Crippen LogP contribution in [0, 0.1) is 6.92 Å². The molecule has 3 heterocycles. The first kappa shape index (κ1) is 20.9. The van der Waals surface area contributed by atoms with E-state index in [1.165, 1.54) is 0 Å². The molecule has 1 N–H and O–H groups in total. The maximum absolute atomic E-state index is 13.2. The number of amides is 1. The lowest BCUT2D eigenvalue weighted by atomic mass is 9.87. The summed E-state index contributed by atoms with van der Waals surface area (Å²) in [4.78, 5) is 20.4. The second kappa shape index (κ2) is 8.80. The smallest absolute Gasteiger partial charge is 0.250 e. The van der Waals surface area contributed by atoms with Gasteiger partial charge < -0.3 is 10.2 Å². The van der Waals surface area contributed by atoms with Crippen molar-refractivity contribution in [3.05, 3.63) is 34.5 Å². The summed E-state index contributed by atoms with van der Waals surface area (Å²) < 4.78 is 1.84. The highest BCUT2D eigenvalue weighted by Crippen LogP contribution is 2.30. The fourth-order valence-corrected chi connectivity index (χ4v) is 3.85. The number of carbonyl (C=O) groups is 1. The Morgan fingerprint density at radius 2 is 2.12 bits per heavy atom. The van der Waals surface area contributed by atoms with Gasteiger partial charge in [-0.2, -0.15) is 5.10 Å². The number of aromatic nitrogens is 3. The Hall–Kier alpha value is -1.15. The third-order valence-electron chi connectivity index (χ3n) is 4.34. The first-order chi connectivity index (χ1) is 10.6. The number of nitrogens with one attached hydrogen (secondary N) is 1. The van der Waals surface area contributed by atoms with Crippen LogP contribution in [0.2, 0.25) is 0 Å². The van der Waals surface area contributed by atoms with Crippen LogP contribution in [0.5, 0.6) is 0 Å². The molecule has 9 heteroatoms. The minimum Gasteiger partial charge on any atom is -0.338 e. The minimum atomic E-state index is -0.567. The molecule has 0 aromatic carbocycles. The van der Waals surface area contributed by atoms with Crippen LogP contribution in [0.3, 0.4) is 0 Å². The van der Waals surface area contributed by atoms with E-state index in [0.29, 0.717) is 6.54 Å². The quantitative estimate of drug-likeness (QED) is 0.867. The first-order valence-electron chi connectivity index (χ1n) is 7.49. The van der Waals surface area contributed by atoms with Crippen LogP contribution >= 0.6 is 36.2 Å². The highest BCUT2D eigenvalue weighted by Gasteiger charge is 2.43. The van der Waals surface area contributed by atoms with Crippen LogP contribution in [0.25, 0.3) is 0 Å². The monoisotopic (exact) mass is 391 g/mol. The molecule has 6 nitrogen and oxygen atoms in total. The third kappa shape index (κ3) is 3.91. The number of likely N-dealkylation sites (N-methyl/N-ethyl adjacent to an activating group) is 1. The van der Waals surface area contributed by atoms with Crippen molar-refractivity contribution in [2.75, 3.05) is 20.1 Å². The molecule has 0 atom stereocenters. The maximum atomic E-state index is 13.2. The third-order valence-corrected chi connectivity index (χ3v) is 5.26. The SMILES string of the molecule is Cc1ncsc1CN(C)C(=O)C1(n2cccn2)CCNCC1.Cl.Cl. The molecule has 1 aliphatic heterocycles. The molecule has 2 aromatic rings.